The van der Waals surface area contributed by atoms with Crippen molar-refractivity contribution in [2.24, 2.45) is 5.73 Å². The largest absolute Gasteiger partial charge is 0.483 e. The number of piperidine rings is 1. The molecule has 1 amide bonds. The standard InChI is InChI=1S/C6H12N2O2.CH2O2/c7-5-2-1-3-8(4-5)6(9)10;2-1-3/h5H,1-4,7H2,(H,9,10);1H,(H,2,3). The Balaban J connectivity index is 0.000000424. The number of likely N-dealkylation sites (tertiary alicyclic amines) is 1. The average molecular weight is 190 g/mol. The Hall–Kier alpha value is -1.30. The zero-order valence-electron chi connectivity index (χ0n) is 7.22. The van der Waals surface area contributed by atoms with Crippen molar-refractivity contribution in [1.82, 2.24) is 4.90 Å². The molecule has 6 heteroatoms. The first-order valence-electron chi connectivity index (χ1n) is 3.93. The van der Waals surface area contributed by atoms with Gasteiger partial charge in [-0.2, -0.15) is 0 Å². The molecule has 0 aliphatic carbocycles. The van der Waals surface area contributed by atoms with E-state index in [4.69, 9.17) is 20.7 Å². The van der Waals surface area contributed by atoms with Gasteiger partial charge in [-0.05, 0) is 12.8 Å². The SMILES string of the molecule is NC1CCCN(C(=O)O)C1.O=CO. The molecule has 76 valence electrons. The predicted octanol–water partition coefficient (Wildman–Crippen LogP) is -0.212. The van der Waals surface area contributed by atoms with Crippen LogP contribution in [0.15, 0.2) is 0 Å². The van der Waals surface area contributed by atoms with Crippen LogP contribution in [-0.4, -0.2) is 46.8 Å². The van der Waals surface area contributed by atoms with E-state index in [9.17, 15) is 4.79 Å². The van der Waals surface area contributed by atoms with Gasteiger partial charge >= 0.3 is 6.09 Å². The minimum absolute atomic E-state index is 0.0462. The lowest BCUT2D eigenvalue weighted by Crippen LogP contribution is -2.45. The molecular weight excluding hydrogens is 176 g/mol. The minimum atomic E-state index is -0.852. The summed E-state index contributed by atoms with van der Waals surface area (Å²) < 4.78 is 0. The van der Waals surface area contributed by atoms with Gasteiger partial charge in [-0.1, -0.05) is 0 Å². The van der Waals surface area contributed by atoms with E-state index < -0.39 is 6.09 Å². The molecule has 1 unspecified atom stereocenters. The topological polar surface area (TPSA) is 104 Å². The molecule has 0 spiro atoms. The maximum Gasteiger partial charge on any atom is 0.407 e. The molecule has 6 nitrogen and oxygen atoms in total. The van der Waals surface area contributed by atoms with Crippen molar-refractivity contribution < 1.29 is 19.8 Å². The van der Waals surface area contributed by atoms with Crippen LogP contribution >= 0.6 is 0 Å². The molecule has 0 bridgehead atoms. The van der Waals surface area contributed by atoms with Gasteiger partial charge in [0, 0.05) is 19.1 Å². The fraction of sp³-hybridized carbons (Fsp3) is 0.714. The highest BCUT2D eigenvalue weighted by Gasteiger charge is 2.19. The van der Waals surface area contributed by atoms with E-state index in [1.807, 2.05) is 0 Å². The molecule has 0 aromatic rings. The molecule has 0 aromatic heterocycles. The van der Waals surface area contributed by atoms with Gasteiger partial charge in [0.2, 0.25) is 0 Å². The number of hydrogen-bond acceptors (Lipinski definition) is 3. The molecule has 4 N–H and O–H groups in total. The lowest BCUT2D eigenvalue weighted by molar-refractivity contribution is -0.122. The van der Waals surface area contributed by atoms with Crippen molar-refractivity contribution in [2.45, 2.75) is 18.9 Å². The van der Waals surface area contributed by atoms with E-state index in [2.05, 4.69) is 0 Å². The summed E-state index contributed by atoms with van der Waals surface area (Å²) in [5.74, 6) is 0. The van der Waals surface area contributed by atoms with Crippen LogP contribution < -0.4 is 5.73 Å². The fourth-order valence-corrected chi connectivity index (χ4v) is 1.18. The Morgan fingerprint density at radius 3 is 2.46 bits per heavy atom. The quantitative estimate of drug-likeness (QED) is 0.458. The van der Waals surface area contributed by atoms with Gasteiger partial charge in [0.25, 0.3) is 6.47 Å². The maximum atomic E-state index is 10.4. The molecule has 0 aromatic carbocycles. The predicted molar refractivity (Wildman–Crippen MR) is 45.5 cm³/mol. The highest BCUT2D eigenvalue weighted by atomic mass is 16.4. The third-order valence-electron chi connectivity index (χ3n) is 1.73. The summed E-state index contributed by atoms with van der Waals surface area (Å²) in [5.41, 5.74) is 5.56. The zero-order valence-corrected chi connectivity index (χ0v) is 7.22. The number of amides is 1. The molecule has 1 saturated heterocycles. The molecule has 1 fully saturated rings. The number of rotatable bonds is 0. The Kier molecular flexibility index (Phi) is 5.62. The van der Waals surface area contributed by atoms with E-state index in [0.29, 0.717) is 13.1 Å². The van der Waals surface area contributed by atoms with Crippen molar-refractivity contribution in [2.75, 3.05) is 13.1 Å². The summed E-state index contributed by atoms with van der Waals surface area (Å²) in [6, 6.07) is 0.0462. The minimum Gasteiger partial charge on any atom is -0.483 e. The molecule has 0 radical (unpaired) electrons. The van der Waals surface area contributed by atoms with Gasteiger partial charge in [0.05, 0.1) is 0 Å². The summed E-state index contributed by atoms with van der Waals surface area (Å²) in [4.78, 5) is 20.1. The van der Waals surface area contributed by atoms with Crippen LogP contribution in [0.2, 0.25) is 0 Å². The zero-order chi connectivity index (χ0) is 10.3. The fourth-order valence-electron chi connectivity index (χ4n) is 1.18. The van der Waals surface area contributed by atoms with Crippen LogP contribution in [0.3, 0.4) is 0 Å². The Morgan fingerprint density at radius 1 is 1.62 bits per heavy atom. The third kappa shape index (κ3) is 5.02. The maximum absolute atomic E-state index is 10.4. The van der Waals surface area contributed by atoms with Crippen molar-refractivity contribution in [1.29, 1.82) is 0 Å². The first-order valence-corrected chi connectivity index (χ1v) is 3.93. The van der Waals surface area contributed by atoms with E-state index in [1.165, 1.54) is 4.90 Å². The second kappa shape index (κ2) is 6.24. The van der Waals surface area contributed by atoms with Crippen LogP contribution in [0, 0.1) is 0 Å². The second-order valence-electron chi connectivity index (χ2n) is 2.74. The van der Waals surface area contributed by atoms with E-state index in [-0.39, 0.29) is 12.5 Å². The number of hydrogen-bond donors (Lipinski definition) is 3. The van der Waals surface area contributed by atoms with Crippen LogP contribution in [0.5, 0.6) is 0 Å². The molecule has 1 atom stereocenters. The molecular formula is C7H14N2O4. The lowest BCUT2D eigenvalue weighted by atomic mass is 10.1. The van der Waals surface area contributed by atoms with Gasteiger partial charge in [0.15, 0.2) is 0 Å². The summed E-state index contributed by atoms with van der Waals surface area (Å²) in [6.07, 6.45) is 0.993. The Morgan fingerprint density at radius 2 is 2.15 bits per heavy atom. The summed E-state index contributed by atoms with van der Waals surface area (Å²) in [7, 11) is 0. The summed E-state index contributed by atoms with van der Waals surface area (Å²) in [6.45, 7) is 0.887. The molecule has 1 aliphatic heterocycles. The Bertz CT molecular complexity index is 174. The van der Waals surface area contributed by atoms with E-state index in [0.717, 1.165) is 12.8 Å². The van der Waals surface area contributed by atoms with Crippen LogP contribution in [0.25, 0.3) is 0 Å². The Labute approximate surface area is 75.9 Å². The number of carbonyl (C=O) groups is 2. The van der Waals surface area contributed by atoms with Gasteiger partial charge in [-0.3, -0.25) is 4.79 Å². The molecule has 1 heterocycles. The summed E-state index contributed by atoms with van der Waals surface area (Å²) in [5, 5.41) is 15.4. The van der Waals surface area contributed by atoms with Crippen molar-refractivity contribution in [3.05, 3.63) is 0 Å². The van der Waals surface area contributed by atoms with E-state index in [1.54, 1.807) is 0 Å². The average Bonchev–Trinajstić information content (AvgIpc) is 2.05. The molecule has 0 saturated carbocycles. The first kappa shape index (κ1) is 11.7. The highest BCUT2D eigenvalue weighted by molar-refractivity contribution is 5.65. The molecule has 1 aliphatic rings. The third-order valence-corrected chi connectivity index (χ3v) is 1.73. The molecule has 13 heavy (non-hydrogen) atoms. The first-order chi connectivity index (χ1) is 6.11. The monoisotopic (exact) mass is 190 g/mol. The van der Waals surface area contributed by atoms with Crippen molar-refractivity contribution in [3.8, 4) is 0 Å². The van der Waals surface area contributed by atoms with Gasteiger partial charge in [-0.25, -0.2) is 4.79 Å². The number of nitrogens with two attached hydrogens (primary N) is 1. The van der Waals surface area contributed by atoms with Gasteiger partial charge < -0.3 is 20.8 Å². The van der Waals surface area contributed by atoms with Crippen molar-refractivity contribution >= 4 is 12.6 Å². The highest BCUT2D eigenvalue weighted by Crippen LogP contribution is 2.07. The van der Waals surface area contributed by atoms with E-state index >= 15 is 0 Å². The van der Waals surface area contributed by atoms with Crippen molar-refractivity contribution in [3.63, 3.8) is 0 Å². The van der Waals surface area contributed by atoms with Crippen LogP contribution in [0.4, 0.5) is 4.79 Å². The normalized spacial score (nSPS) is 21.3. The van der Waals surface area contributed by atoms with Crippen LogP contribution in [-0.2, 0) is 4.79 Å². The lowest BCUT2D eigenvalue weighted by Gasteiger charge is -2.27. The summed E-state index contributed by atoms with van der Waals surface area (Å²) >= 11 is 0. The van der Waals surface area contributed by atoms with Crippen LogP contribution in [0.1, 0.15) is 12.8 Å². The number of nitrogens with zero attached hydrogens (tertiary/aromatic N) is 1. The smallest absolute Gasteiger partial charge is 0.407 e. The second-order valence-corrected chi connectivity index (χ2v) is 2.74. The molecule has 1 rings (SSSR count). The number of carboxylic acid groups (broad SMARTS) is 2. The van der Waals surface area contributed by atoms with Gasteiger partial charge in [-0.15, -0.1) is 0 Å². The van der Waals surface area contributed by atoms with Gasteiger partial charge in [0.1, 0.15) is 0 Å².